The van der Waals surface area contributed by atoms with Crippen LogP contribution >= 0.6 is 11.6 Å². The summed E-state index contributed by atoms with van der Waals surface area (Å²) in [5, 5.41) is 12.6. The van der Waals surface area contributed by atoms with E-state index < -0.39 is 11.9 Å². The second kappa shape index (κ2) is 6.59. The van der Waals surface area contributed by atoms with E-state index in [-0.39, 0.29) is 0 Å². The summed E-state index contributed by atoms with van der Waals surface area (Å²) in [6.45, 7) is 0.833. The quantitative estimate of drug-likeness (QED) is 0.939. The lowest BCUT2D eigenvalue weighted by atomic mass is 10.1. The van der Waals surface area contributed by atoms with Crippen LogP contribution in [0.15, 0.2) is 42.5 Å². The van der Waals surface area contributed by atoms with Crippen LogP contribution in [0.25, 0.3) is 0 Å². The Kier molecular flexibility index (Phi) is 4.35. The SMILES string of the molecule is N#C[C@@H](NC(=O)c1cccc2c1OCCO2)c1ccc(Cl)cc1. The van der Waals surface area contributed by atoms with Gasteiger partial charge < -0.3 is 14.8 Å². The van der Waals surface area contributed by atoms with Gasteiger partial charge in [-0.1, -0.05) is 29.8 Å². The van der Waals surface area contributed by atoms with E-state index in [2.05, 4.69) is 11.4 Å². The van der Waals surface area contributed by atoms with Crippen LogP contribution in [0.4, 0.5) is 0 Å². The van der Waals surface area contributed by atoms with Gasteiger partial charge in [0.25, 0.3) is 5.91 Å². The number of para-hydroxylation sites is 1. The second-order valence-electron chi connectivity index (χ2n) is 4.92. The predicted octanol–water partition coefficient (Wildman–Crippen LogP) is 3.11. The van der Waals surface area contributed by atoms with Crippen LogP contribution in [-0.2, 0) is 0 Å². The van der Waals surface area contributed by atoms with Crippen molar-refractivity contribution >= 4 is 17.5 Å². The van der Waals surface area contributed by atoms with Crippen molar-refractivity contribution in [3.63, 3.8) is 0 Å². The van der Waals surface area contributed by atoms with Crippen LogP contribution in [-0.4, -0.2) is 19.1 Å². The van der Waals surface area contributed by atoms with Crippen LogP contribution in [0.1, 0.15) is 22.0 Å². The molecule has 1 atom stereocenters. The molecule has 0 spiro atoms. The van der Waals surface area contributed by atoms with Crippen LogP contribution in [0.5, 0.6) is 11.5 Å². The van der Waals surface area contributed by atoms with Gasteiger partial charge in [0.1, 0.15) is 19.3 Å². The number of carbonyl (C=O) groups excluding carboxylic acids is 1. The molecule has 1 heterocycles. The Morgan fingerprint density at radius 1 is 1.17 bits per heavy atom. The molecule has 3 rings (SSSR count). The monoisotopic (exact) mass is 328 g/mol. The van der Waals surface area contributed by atoms with E-state index in [4.69, 9.17) is 21.1 Å². The van der Waals surface area contributed by atoms with Gasteiger partial charge in [-0.3, -0.25) is 4.79 Å². The molecule has 1 aliphatic heterocycles. The molecule has 0 fully saturated rings. The zero-order valence-corrected chi connectivity index (χ0v) is 12.8. The predicted molar refractivity (Wildman–Crippen MR) is 84.7 cm³/mol. The van der Waals surface area contributed by atoms with E-state index >= 15 is 0 Å². The highest BCUT2D eigenvalue weighted by Crippen LogP contribution is 2.33. The molecule has 2 aromatic carbocycles. The van der Waals surface area contributed by atoms with Gasteiger partial charge in [0.15, 0.2) is 11.5 Å². The Bertz CT molecular complexity index is 768. The molecule has 23 heavy (non-hydrogen) atoms. The zero-order valence-electron chi connectivity index (χ0n) is 12.1. The van der Waals surface area contributed by atoms with Gasteiger partial charge in [0, 0.05) is 5.02 Å². The fraction of sp³-hybridized carbons (Fsp3) is 0.176. The maximum atomic E-state index is 12.5. The van der Waals surface area contributed by atoms with Gasteiger partial charge in [-0.25, -0.2) is 0 Å². The number of benzene rings is 2. The summed E-state index contributed by atoms with van der Waals surface area (Å²) in [6.07, 6.45) is 0. The first-order valence-electron chi connectivity index (χ1n) is 7.03. The summed E-state index contributed by atoms with van der Waals surface area (Å²) in [4.78, 5) is 12.5. The third kappa shape index (κ3) is 3.22. The number of amides is 1. The number of halogens is 1. The van der Waals surface area contributed by atoms with Crippen molar-refractivity contribution in [3.05, 3.63) is 58.6 Å². The van der Waals surface area contributed by atoms with Crippen LogP contribution in [0, 0.1) is 11.3 Å². The molecule has 1 N–H and O–H groups in total. The average Bonchev–Trinajstić information content (AvgIpc) is 2.60. The van der Waals surface area contributed by atoms with Crippen molar-refractivity contribution in [1.82, 2.24) is 5.32 Å². The Morgan fingerprint density at radius 3 is 2.65 bits per heavy atom. The van der Waals surface area contributed by atoms with Gasteiger partial charge in [0.2, 0.25) is 0 Å². The Hall–Kier alpha value is -2.71. The maximum absolute atomic E-state index is 12.5. The molecule has 0 aromatic heterocycles. The molecule has 0 aliphatic carbocycles. The van der Waals surface area contributed by atoms with Gasteiger partial charge in [-0.15, -0.1) is 0 Å². The fourth-order valence-electron chi connectivity index (χ4n) is 2.31. The van der Waals surface area contributed by atoms with Crippen molar-refractivity contribution in [2.45, 2.75) is 6.04 Å². The summed E-state index contributed by atoms with van der Waals surface area (Å²) in [6, 6.07) is 13.1. The number of nitrogens with one attached hydrogen (secondary N) is 1. The number of rotatable bonds is 3. The number of nitrogens with zero attached hydrogens (tertiary/aromatic N) is 1. The molecular weight excluding hydrogens is 316 g/mol. The number of carbonyl (C=O) groups is 1. The van der Waals surface area contributed by atoms with Gasteiger partial charge in [-0.2, -0.15) is 5.26 Å². The third-order valence-electron chi connectivity index (χ3n) is 3.42. The maximum Gasteiger partial charge on any atom is 0.256 e. The lowest BCUT2D eigenvalue weighted by Gasteiger charge is -2.21. The summed E-state index contributed by atoms with van der Waals surface area (Å²) >= 11 is 5.84. The minimum absolute atomic E-state index is 0.344. The minimum atomic E-state index is -0.778. The van der Waals surface area contributed by atoms with Crippen molar-refractivity contribution in [2.75, 3.05) is 13.2 Å². The number of hydrogen-bond acceptors (Lipinski definition) is 4. The number of ether oxygens (including phenoxy) is 2. The van der Waals surface area contributed by atoms with E-state index in [1.807, 2.05) is 0 Å². The summed E-state index contributed by atoms with van der Waals surface area (Å²) in [7, 11) is 0. The first kappa shape index (κ1) is 15.2. The molecule has 0 unspecified atom stereocenters. The molecule has 1 aliphatic rings. The van der Waals surface area contributed by atoms with Crippen LogP contribution in [0.2, 0.25) is 5.02 Å². The molecule has 0 saturated carbocycles. The lowest BCUT2D eigenvalue weighted by molar-refractivity contribution is 0.0934. The highest BCUT2D eigenvalue weighted by Gasteiger charge is 2.22. The van der Waals surface area contributed by atoms with E-state index in [1.165, 1.54) is 0 Å². The number of fused-ring (bicyclic) bond motifs is 1. The second-order valence-corrected chi connectivity index (χ2v) is 5.35. The van der Waals surface area contributed by atoms with E-state index in [0.717, 1.165) is 0 Å². The largest absolute Gasteiger partial charge is 0.486 e. The molecular formula is C17H13ClN2O3. The van der Waals surface area contributed by atoms with Crippen molar-refractivity contribution in [3.8, 4) is 17.6 Å². The zero-order chi connectivity index (χ0) is 16.2. The van der Waals surface area contributed by atoms with Gasteiger partial charge >= 0.3 is 0 Å². The topological polar surface area (TPSA) is 71.4 Å². The Balaban J connectivity index is 1.83. The van der Waals surface area contributed by atoms with Crippen molar-refractivity contribution in [1.29, 1.82) is 5.26 Å². The first-order valence-corrected chi connectivity index (χ1v) is 7.41. The molecule has 1 amide bonds. The molecule has 5 nitrogen and oxygen atoms in total. The summed E-state index contributed by atoms with van der Waals surface area (Å²) in [5.41, 5.74) is 1.00. The molecule has 0 radical (unpaired) electrons. The van der Waals surface area contributed by atoms with Crippen LogP contribution < -0.4 is 14.8 Å². The van der Waals surface area contributed by atoms with Crippen molar-refractivity contribution in [2.24, 2.45) is 0 Å². The van der Waals surface area contributed by atoms with Crippen molar-refractivity contribution < 1.29 is 14.3 Å². The highest BCUT2D eigenvalue weighted by molar-refractivity contribution is 6.30. The lowest BCUT2D eigenvalue weighted by Crippen LogP contribution is -2.29. The van der Waals surface area contributed by atoms with E-state index in [9.17, 15) is 10.1 Å². The molecule has 6 heteroatoms. The molecule has 0 saturated heterocycles. The number of hydrogen-bond donors (Lipinski definition) is 1. The third-order valence-corrected chi connectivity index (χ3v) is 3.67. The van der Waals surface area contributed by atoms with Gasteiger partial charge in [-0.05, 0) is 29.8 Å². The minimum Gasteiger partial charge on any atom is -0.486 e. The normalized spacial score (nSPS) is 13.7. The molecule has 0 bridgehead atoms. The highest BCUT2D eigenvalue weighted by atomic mass is 35.5. The average molecular weight is 329 g/mol. The summed E-state index contributed by atoms with van der Waals surface area (Å²) in [5.74, 6) is 0.543. The van der Waals surface area contributed by atoms with E-state index in [0.29, 0.717) is 40.9 Å². The fourth-order valence-corrected chi connectivity index (χ4v) is 2.43. The molecule has 116 valence electrons. The summed E-state index contributed by atoms with van der Waals surface area (Å²) < 4.78 is 11.0. The van der Waals surface area contributed by atoms with Gasteiger partial charge in [0.05, 0.1) is 11.6 Å². The molecule has 2 aromatic rings. The van der Waals surface area contributed by atoms with Crippen LogP contribution in [0.3, 0.4) is 0 Å². The Morgan fingerprint density at radius 2 is 1.91 bits per heavy atom. The number of nitriles is 1. The first-order chi connectivity index (χ1) is 11.2. The Labute approximate surface area is 138 Å². The van der Waals surface area contributed by atoms with E-state index in [1.54, 1.807) is 42.5 Å². The standard InChI is InChI=1S/C17H13ClN2O3/c18-12-6-4-11(5-7-12)14(10-19)20-17(21)13-2-1-3-15-16(13)23-9-8-22-15/h1-7,14H,8-9H2,(H,20,21)/t14-/m1/s1. The smallest absolute Gasteiger partial charge is 0.256 e.